The molecule has 0 fully saturated rings. The molecule has 1 heteroatoms. The molecule has 1 nitrogen and oxygen atoms in total. The van der Waals surface area contributed by atoms with Crippen LogP contribution in [0.1, 0.15) is 129 Å². The van der Waals surface area contributed by atoms with Crippen molar-refractivity contribution < 1.29 is 0 Å². The number of hydrogen-bond acceptors (Lipinski definition) is 1. The third kappa shape index (κ3) is 18.8. The summed E-state index contributed by atoms with van der Waals surface area (Å²) in [5, 5.41) is 3.38. The molecule has 0 radical (unpaired) electrons. The Balaban J connectivity index is 1.68. The minimum Gasteiger partial charge on any atom is -0.391 e. The van der Waals surface area contributed by atoms with Gasteiger partial charge in [-0.25, -0.2) is 0 Å². The largest absolute Gasteiger partial charge is 0.391 e. The van der Waals surface area contributed by atoms with Gasteiger partial charge in [0.15, 0.2) is 0 Å². The molecule has 1 N–H and O–H groups in total. The van der Waals surface area contributed by atoms with Crippen LogP contribution in [0.25, 0.3) is 0 Å². The van der Waals surface area contributed by atoms with Gasteiger partial charge in [-0.15, -0.1) is 0 Å². The van der Waals surface area contributed by atoms with Crippen LogP contribution in [-0.2, 0) is 6.42 Å². The van der Waals surface area contributed by atoms with E-state index in [9.17, 15) is 0 Å². The molecule has 30 heavy (non-hydrogen) atoms. The highest BCUT2D eigenvalue weighted by Crippen LogP contribution is 2.14. The smallest absolute Gasteiger partial charge is 0.0141 e. The Hall–Kier alpha value is -1.24. The van der Waals surface area contributed by atoms with Crippen LogP contribution in [0.4, 0.5) is 0 Å². The molecule has 172 valence electrons. The normalized spacial score (nSPS) is 10.9. The summed E-state index contributed by atoms with van der Waals surface area (Å²) in [4.78, 5) is 0. The summed E-state index contributed by atoms with van der Waals surface area (Å²) >= 11 is 0. The fourth-order valence-corrected chi connectivity index (χ4v) is 4.13. The quantitative estimate of drug-likeness (QED) is 0.198. The molecule has 0 unspecified atom stereocenters. The van der Waals surface area contributed by atoms with Gasteiger partial charge in [-0.3, -0.25) is 0 Å². The van der Waals surface area contributed by atoms with Crippen molar-refractivity contribution in [1.29, 1.82) is 0 Å². The maximum Gasteiger partial charge on any atom is 0.0141 e. The third-order valence-electron chi connectivity index (χ3n) is 6.02. The van der Waals surface area contributed by atoms with Crippen LogP contribution in [0.2, 0.25) is 0 Å². The summed E-state index contributed by atoms with van der Waals surface area (Å²) in [6, 6.07) is 10.9. The number of unbranched alkanes of at least 4 members (excludes halogenated alkanes) is 16. The summed E-state index contributed by atoms with van der Waals surface area (Å²) in [5.74, 6) is 0. The monoisotopic (exact) mass is 413 g/mol. The molecule has 0 aliphatic heterocycles. The van der Waals surface area contributed by atoms with Crippen molar-refractivity contribution in [2.75, 3.05) is 6.54 Å². The van der Waals surface area contributed by atoms with Gasteiger partial charge in [0.1, 0.15) is 0 Å². The molecule has 0 saturated carbocycles. The molecule has 1 rings (SSSR count). The van der Waals surface area contributed by atoms with Gasteiger partial charge in [0.05, 0.1) is 0 Å². The molecule has 0 spiro atoms. The van der Waals surface area contributed by atoms with Crippen LogP contribution in [0.5, 0.6) is 0 Å². The SMILES string of the molecule is CC(C)=CNCCCCCCCCCCCCCCCCCCCc1ccccc1. The third-order valence-corrected chi connectivity index (χ3v) is 6.02. The molecule has 0 bridgehead atoms. The minimum absolute atomic E-state index is 1.14. The maximum atomic E-state index is 3.38. The first-order valence-electron chi connectivity index (χ1n) is 13.2. The van der Waals surface area contributed by atoms with E-state index in [1.165, 1.54) is 127 Å². The number of aryl methyl sites for hydroxylation is 1. The molecular formula is C29H51N. The molecule has 1 aromatic carbocycles. The van der Waals surface area contributed by atoms with Crippen molar-refractivity contribution in [3.05, 3.63) is 47.7 Å². The predicted octanol–water partition coefficient (Wildman–Crippen LogP) is 9.37. The zero-order chi connectivity index (χ0) is 21.5. The first-order valence-corrected chi connectivity index (χ1v) is 13.2. The second kappa shape index (κ2) is 21.0. The standard InChI is InChI=1S/C29H51N/c1-28(2)27-30-26-22-17-15-13-11-9-7-5-3-4-6-8-10-12-14-16-19-23-29-24-20-18-21-25-29/h18,20-21,24-25,27,30H,3-17,19,22-23,26H2,1-2H3. The summed E-state index contributed by atoms with van der Waals surface area (Å²) in [6.07, 6.45) is 27.7. The van der Waals surface area contributed by atoms with Crippen LogP contribution < -0.4 is 5.32 Å². The van der Waals surface area contributed by atoms with Gasteiger partial charge in [0, 0.05) is 6.54 Å². The van der Waals surface area contributed by atoms with E-state index in [2.05, 4.69) is 55.7 Å². The van der Waals surface area contributed by atoms with Gasteiger partial charge in [0.25, 0.3) is 0 Å². The van der Waals surface area contributed by atoms with E-state index in [-0.39, 0.29) is 0 Å². The van der Waals surface area contributed by atoms with Crippen molar-refractivity contribution in [3.63, 3.8) is 0 Å². The Morgan fingerprint density at radius 2 is 0.967 bits per heavy atom. The molecule has 0 aromatic heterocycles. The van der Waals surface area contributed by atoms with Crippen molar-refractivity contribution in [3.8, 4) is 0 Å². The van der Waals surface area contributed by atoms with Crippen molar-refractivity contribution >= 4 is 0 Å². The minimum atomic E-state index is 1.14. The van der Waals surface area contributed by atoms with Crippen LogP contribution in [0.3, 0.4) is 0 Å². The number of allylic oxidation sites excluding steroid dienone is 1. The highest BCUT2D eigenvalue weighted by Gasteiger charge is 1.96. The number of hydrogen-bond donors (Lipinski definition) is 1. The lowest BCUT2D eigenvalue weighted by Crippen LogP contribution is -2.07. The Morgan fingerprint density at radius 3 is 1.40 bits per heavy atom. The van der Waals surface area contributed by atoms with E-state index >= 15 is 0 Å². The van der Waals surface area contributed by atoms with E-state index in [1.807, 2.05) is 0 Å². The Labute approximate surface area is 189 Å². The molecule has 0 heterocycles. The van der Waals surface area contributed by atoms with E-state index in [4.69, 9.17) is 0 Å². The van der Waals surface area contributed by atoms with Gasteiger partial charge < -0.3 is 5.32 Å². The van der Waals surface area contributed by atoms with Crippen molar-refractivity contribution in [1.82, 2.24) is 5.32 Å². The van der Waals surface area contributed by atoms with E-state index in [0.29, 0.717) is 0 Å². The fraction of sp³-hybridized carbons (Fsp3) is 0.724. The van der Waals surface area contributed by atoms with Gasteiger partial charge in [-0.1, -0.05) is 132 Å². The van der Waals surface area contributed by atoms with E-state index in [1.54, 1.807) is 0 Å². The molecule has 1 aromatic rings. The first kappa shape index (κ1) is 26.8. The van der Waals surface area contributed by atoms with Gasteiger partial charge in [-0.2, -0.15) is 0 Å². The summed E-state index contributed by atoms with van der Waals surface area (Å²) < 4.78 is 0. The predicted molar refractivity (Wildman–Crippen MR) is 136 cm³/mol. The first-order chi connectivity index (χ1) is 14.8. The van der Waals surface area contributed by atoms with E-state index < -0.39 is 0 Å². The Morgan fingerprint density at radius 1 is 0.567 bits per heavy atom. The molecule has 0 aliphatic carbocycles. The topological polar surface area (TPSA) is 12.0 Å². The van der Waals surface area contributed by atoms with Crippen molar-refractivity contribution in [2.45, 2.75) is 129 Å². The molecule has 0 amide bonds. The fourth-order valence-electron chi connectivity index (χ4n) is 4.13. The number of benzene rings is 1. The van der Waals surface area contributed by atoms with Crippen LogP contribution in [0.15, 0.2) is 42.1 Å². The summed E-state index contributed by atoms with van der Waals surface area (Å²) in [6.45, 7) is 5.42. The zero-order valence-electron chi connectivity index (χ0n) is 20.4. The average molecular weight is 414 g/mol. The Kier molecular flexibility index (Phi) is 18.8. The van der Waals surface area contributed by atoms with Gasteiger partial charge >= 0.3 is 0 Å². The lowest BCUT2D eigenvalue weighted by Gasteiger charge is -2.04. The van der Waals surface area contributed by atoms with Crippen LogP contribution >= 0.6 is 0 Å². The summed E-state index contributed by atoms with van der Waals surface area (Å²) in [7, 11) is 0. The van der Waals surface area contributed by atoms with Gasteiger partial charge in [-0.05, 0) is 44.9 Å². The van der Waals surface area contributed by atoms with Crippen LogP contribution in [-0.4, -0.2) is 6.54 Å². The number of nitrogens with one attached hydrogen (secondary N) is 1. The second-order valence-electron chi connectivity index (χ2n) is 9.42. The van der Waals surface area contributed by atoms with Crippen molar-refractivity contribution in [2.24, 2.45) is 0 Å². The van der Waals surface area contributed by atoms with Gasteiger partial charge in [0.2, 0.25) is 0 Å². The van der Waals surface area contributed by atoms with Crippen LogP contribution in [0, 0.1) is 0 Å². The molecule has 0 saturated heterocycles. The highest BCUT2D eigenvalue weighted by molar-refractivity contribution is 5.14. The lowest BCUT2D eigenvalue weighted by atomic mass is 10.0. The van der Waals surface area contributed by atoms with E-state index in [0.717, 1.165) is 6.54 Å². The second-order valence-corrected chi connectivity index (χ2v) is 9.42. The Bertz CT molecular complexity index is 486. The highest BCUT2D eigenvalue weighted by atomic mass is 14.8. The summed E-state index contributed by atoms with van der Waals surface area (Å²) in [5.41, 5.74) is 2.86. The maximum absolute atomic E-state index is 3.38. The average Bonchev–Trinajstić information content (AvgIpc) is 2.75. The number of rotatable bonds is 21. The zero-order valence-corrected chi connectivity index (χ0v) is 20.4. The molecule has 0 aliphatic rings. The molecular weight excluding hydrogens is 362 g/mol. The lowest BCUT2D eigenvalue weighted by molar-refractivity contribution is 0.525. The molecule has 0 atom stereocenters.